The Bertz CT molecular complexity index is 1680. The molecule has 238 valence electrons. The van der Waals surface area contributed by atoms with Gasteiger partial charge in [0.1, 0.15) is 12.1 Å². The molecule has 2 heterocycles. The zero-order valence-corrected chi connectivity index (χ0v) is 24.6. The Morgan fingerprint density at radius 2 is 1.56 bits per heavy atom. The molecule has 1 saturated heterocycles. The maximum absolute atomic E-state index is 15.2. The minimum Gasteiger partial charge on any atom is -0.493 e. The fraction of sp³-hybridized carbons (Fsp3) is 0.323. The van der Waals surface area contributed by atoms with Gasteiger partial charge in [0.05, 0.1) is 30.7 Å². The molecule has 0 bridgehead atoms. The molecule has 3 aromatic carbocycles. The SMILES string of the molecule is COc1cc2ncnc(Oc3ccc(C(F)(F)C(=O)Nc4ccc(CN5CCN(C)CC5)c(C(F)(F)F)c4)cc3)c2cc1OC. The second-order valence-electron chi connectivity index (χ2n) is 10.5. The first-order valence-corrected chi connectivity index (χ1v) is 13.8. The highest BCUT2D eigenvalue weighted by atomic mass is 19.4. The van der Waals surface area contributed by atoms with Gasteiger partial charge < -0.3 is 24.4 Å². The number of halogens is 5. The summed E-state index contributed by atoms with van der Waals surface area (Å²) in [6.07, 6.45) is -3.48. The molecule has 1 aliphatic rings. The van der Waals surface area contributed by atoms with E-state index in [0.717, 1.165) is 25.2 Å². The average Bonchev–Trinajstić information content (AvgIpc) is 3.02. The largest absolute Gasteiger partial charge is 0.493 e. The quantitative estimate of drug-likeness (QED) is 0.227. The van der Waals surface area contributed by atoms with Crippen molar-refractivity contribution in [2.24, 2.45) is 0 Å². The lowest BCUT2D eigenvalue weighted by Crippen LogP contribution is -2.44. The van der Waals surface area contributed by atoms with Crippen molar-refractivity contribution in [2.45, 2.75) is 18.6 Å². The Morgan fingerprint density at radius 3 is 2.20 bits per heavy atom. The van der Waals surface area contributed by atoms with Gasteiger partial charge in [0.15, 0.2) is 11.5 Å². The third kappa shape index (κ3) is 7.07. The van der Waals surface area contributed by atoms with Gasteiger partial charge in [-0.1, -0.05) is 6.07 Å². The van der Waals surface area contributed by atoms with Crippen LogP contribution in [0.2, 0.25) is 0 Å². The number of carbonyl (C=O) groups is 1. The van der Waals surface area contributed by atoms with Gasteiger partial charge in [0, 0.05) is 50.0 Å². The van der Waals surface area contributed by atoms with Crippen molar-refractivity contribution in [1.82, 2.24) is 19.8 Å². The molecule has 0 atom stereocenters. The van der Waals surface area contributed by atoms with Gasteiger partial charge >= 0.3 is 12.1 Å². The molecule has 0 spiro atoms. The minimum atomic E-state index is -4.74. The normalized spacial score (nSPS) is 14.8. The maximum Gasteiger partial charge on any atom is 0.416 e. The van der Waals surface area contributed by atoms with Crippen LogP contribution in [0.15, 0.2) is 60.9 Å². The summed E-state index contributed by atoms with van der Waals surface area (Å²) in [7, 11) is 4.88. The van der Waals surface area contributed by atoms with Crippen LogP contribution in [0.3, 0.4) is 0 Å². The second kappa shape index (κ2) is 12.8. The fourth-order valence-corrected chi connectivity index (χ4v) is 4.93. The predicted molar refractivity (Wildman–Crippen MR) is 156 cm³/mol. The van der Waals surface area contributed by atoms with Crippen LogP contribution in [0.25, 0.3) is 10.9 Å². The number of carbonyl (C=O) groups excluding carboxylic acids is 1. The van der Waals surface area contributed by atoms with E-state index in [-0.39, 0.29) is 23.7 Å². The number of benzene rings is 3. The first-order chi connectivity index (χ1) is 21.4. The van der Waals surface area contributed by atoms with Crippen molar-refractivity contribution in [2.75, 3.05) is 52.8 Å². The lowest BCUT2D eigenvalue weighted by molar-refractivity contribution is -0.141. The molecule has 4 aromatic rings. The first kappa shape index (κ1) is 31.9. The van der Waals surface area contributed by atoms with Crippen molar-refractivity contribution in [3.63, 3.8) is 0 Å². The monoisotopic (exact) mass is 631 g/mol. The third-order valence-corrected chi connectivity index (χ3v) is 7.48. The smallest absolute Gasteiger partial charge is 0.416 e. The number of aromatic nitrogens is 2. The lowest BCUT2D eigenvalue weighted by atomic mass is 10.0. The van der Waals surface area contributed by atoms with Crippen molar-refractivity contribution in [3.8, 4) is 23.1 Å². The predicted octanol–water partition coefficient (Wildman–Crippen LogP) is 5.94. The van der Waals surface area contributed by atoms with Crippen LogP contribution in [0, 0.1) is 0 Å². The summed E-state index contributed by atoms with van der Waals surface area (Å²) in [5.41, 5.74) is -1.58. The highest BCUT2D eigenvalue weighted by Gasteiger charge is 2.41. The van der Waals surface area contributed by atoms with Gasteiger partial charge in [-0.2, -0.15) is 22.0 Å². The van der Waals surface area contributed by atoms with Crippen LogP contribution in [0.4, 0.5) is 27.6 Å². The molecule has 45 heavy (non-hydrogen) atoms. The minimum absolute atomic E-state index is 0.00134. The van der Waals surface area contributed by atoms with Crippen molar-refractivity contribution >= 4 is 22.5 Å². The summed E-state index contributed by atoms with van der Waals surface area (Å²) >= 11 is 0. The van der Waals surface area contributed by atoms with Gasteiger partial charge in [-0.15, -0.1) is 0 Å². The number of likely N-dealkylation sites (N-methyl/N-ethyl adjacent to an activating group) is 1. The van der Waals surface area contributed by atoms with E-state index in [1.54, 1.807) is 12.1 Å². The van der Waals surface area contributed by atoms with E-state index in [1.165, 1.54) is 44.8 Å². The van der Waals surface area contributed by atoms with Gasteiger partial charge in [0.2, 0.25) is 5.88 Å². The third-order valence-electron chi connectivity index (χ3n) is 7.48. The summed E-state index contributed by atoms with van der Waals surface area (Å²) in [6.45, 7) is 2.69. The number of anilines is 1. The van der Waals surface area contributed by atoms with Gasteiger partial charge in [0.25, 0.3) is 5.91 Å². The standard InChI is InChI=1S/C31H30F5N5O4/c1-40-10-12-41(13-11-40)17-19-4-7-21(14-24(19)31(34,35)36)39-29(42)30(32,33)20-5-8-22(9-6-20)45-28-23-15-26(43-2)27(44-3)16-25(23)37-18-38-28/h4-9,14-16,18H,10-13,17H2,1-3H3,(H,39,42). The average molecular weight is 632 g/mol. The van der Waals surface area contributed by atoms with Crippen molar-refractivity contribution in [1.29, 1.82) is 0 Å². The molecule has 0 saturated carbocycles. The number of alkyl halides is 5. The zero-order chi connectivity index (χ0) is 32.4. The van der Waals surface area contributed by atoms with Crippen molar-refractivity contribution in [3.05, 3.63) is 77.6 Å². The van der Waals surface area contributed by atoms with Crippen molar-refractivity contribution < 1.29 is 41.0 Å². The van der Waals surface area contributed by atoms with Crippen LogP contribution in [0.5, 0.6) is 23.1 Å². The van der Waals surface area contributed by atoms with Gasteiger partial charge in [-0.05, 0) is 55.1 Å². The Kier molecular flexibility index (Phi) is 9.07. The highest BCUT2D eigenvalue weighted by molar-refractivity contribution is 5.97. The topological polar surface area (TPSA) is 89.0 Å². The first-order valence-electron chi connectivity index (χ1n) is 13.8. The number of hydrogen-bond donors (Lipinski definition) is 1. The summed E-state index contributed by atoms with van der Waals surface area (Å²) in [4.78, 5) is 24.9. The van der Waals surface area contributed by atoms with E-state index in [4.69, 9.17) is 14.2 Å². The van der Waals surface area contributed by atoms with E-state index in [0.29, 0.717) is 41.6 Å². The number of nitrogens with zero attached hydrogens (tertiary/aromatic N) is 4. The molecule has 1 N–H and O–H groups in total. The molecule has 9 nitrogen and oxygen atoms in total. The van der Waals surface area contributed by atoms with E-state index in [9.17, 15) is 18.0 Å². The van der Waals surface area contributed by atoms with Gasteiger partial charge in [-0.3, -0.25) is 9.69 Å². The van der Waals surface area contributed by atoms with Gasteiger partial charge in [-0.25, -0.2) is 9.97 Å². The van der Waals surface area contributed by atoms with Crippen LogP contribution in [-0.2, 0) is 23.4 Å². The molecule has 1 aromatic heterocycles. The molecule has 1 fully saturated rings. The Morgan fingerprint density at radius 1 is 0.889 bits per heavy atom. The summed E-state index contributed by atoms with van der Waals surface area (Å²) in [6, 6.07) is 10.8. The highest BCUT2D eigenvalue weighted by Crippen LogP contribution is 2.38. The zero-order valence-electron chi connectivity index (χ0n) is 24.6. The summed E-state index contributed by atoms with van der Waals surface area (Å²) in [5, 5.41) is 2.41. The lowest BCUT2D eigenvalue weighted by Gasteiger charge is -2.33. The number of methoxy groups -OCH3 is 2. The fourth-order valence-electron chi connectivity index (χ4n) is 4.93. The number of ether oxygens (including phenoxy) is 3. The number of rotatable bonds is 9. The molecule has 0 radical (unpaired) electrons. The molecule has 0 unspecified atom stereocenters. The Balaban J connectivity index is 1.31. The number of fused-ring (bicyclic) bond motifs is 1. The molecular formula is C31H30F5N5O4. The summed E-state index contributed by atoms with van der Waals surface area (Å²) < 4.78 is 88.5. The molecule has 0 aliphatic carbocycles. The molecule has 1 aliphatic heterocycles. The van der Waals surface area contributed by atoms with Crippen LogP contribution >= 0.6 is 0 Å². The number of hydrogen-bond acceptors (Lipinski definition) is 8. The molecule has 1 amide bonds. The Labute approximate surface area is 255 Å². The van der Waals surface area contributed by atoms with Crippen LogP contribution in [-0.4, -0.2) is 73.1 Å². The van der Waals surface area contributed by atoms with E-state index >= 15 is 8.78 Å². The van der Waals surface area contributed by atoms with E-state index < -0.39 is 34.8 Å². The van der Waals surface area contributed by atoms with E-state index in [1.807, 2.05) is 17.3 Å². The second-order valence-corrected chi connectivity index (χ2v) is 10.5. The van der Waals surface area contributed by atoms with Crippen LogP contribution < -0.4 is 19.5 Å². The Hall–Kier alpha value is -4.56. The molecule has 14 heteroatoms. The number of amides is 1. The van der Waals surface area contributed by atoms with E-state index in [2.05, 4.69) is 14.9 Å². The summed E-state index contributed by atoms with van der Waals surface area (Å²) in [5.74, 6) is -4.75. The van der Waals surface area contributed by atoms with Crippen LogP contribution in [0.1, 0.15) is 16.7 Å². The maximum atomic E-state index is 15.2. The molecular weight excluding hydrogens is 601 g/mol. The number of piperazine rings is 1. The molecule has 5 rings (SSSR count). The number of nitrogens with one attached hydrogen (secondary N) is 1.